The van der Waals surface area contributed by atoms with Crippen molar-refractivity contribution < 1.29 is 4.79 Å². The molecule has 3 N–H and O–H groups in total. The molecule has 1 heterocycles. The van der Waals surface area contributed by atoms with Crippen LogP contribution in [0.25, 0.3) is 0 Å². The lowest BCUT2D eigenvalue weighted by Crippen LogP contribution is -2.36. The monoisotopic (exact) mass is 365 g/mol. The number of anilines is 1. The molecular formula is C23H31N3O. The van der Waals surface area contributed by atoms with Crippen molar-refractivity contribution >= 4 is 11.6 Å². The SMILES string of the molecule is CC(C)c1ccc(C(N)c2ccccc2NC(=O)C2CCN(C)CC2)cc1. The number of rotatable bonds is 5. The number of amides is 1. The van der Waals surface area contributed by atoms with E-state index in [0.29, 0.717) is 5.92 Å². The zero-order valence-electron chi connectivity index (χ0n) is 16.6. The zero-order chi connectivity index (χ0) is 19.4. The Labute approximate surface area is 162 Å². The fourth-order valence-electron chi connectivity index (χ4n) is 3.66. The predicted octanol–water partition coefficient (Wildman–Crippen LogP) is 4.14. The molecule has 0 bridgehead atoms. The number of nitrogens with one attached hydrogen (secondary N) is 1. The summed E-state index contributed by atoms with van der Waals surface area (Å²) in [6.07, 6.45) is 1.82. The number of likely N-dealkylation sites (tertiary alicyclic amines) is 1. The van der Waals surface area contributed by atoms with Gasteiger partial charge in [0, 0.05) is 11.6 Å². The molecular weight excluding hydrogens is 334 g/mol. The summed E-state index contributed by atoms with van der Waals surface area (Å²) in [5.41, 5.74) is 10.7. The Hall–Kier alpha value is -2.17. The van der Waals surface area contributed by atoms with Crippen LogP contribution in [0.4, 0.5) is 5.69 Å². The van der Waals surface area contributed by atoms with Crippen LogP contribution < -0.4 is 11.1 Å². The summed E-state index contributed by atoms with van der Waals surface area (Å²) in [5.74, 6) is 0.685. The van der Waals surface area contributed by atoms with Crippen molar-refractivity contribution in [1.29, 1.82) is 0 Å². The van der Waals surface area contributed by atoms with Gasteiger partial charge >= 0.3 is 0 Å². The zero-order valence-corrected chi connectivity index (χ0v) is 16.6. The van der Waals surface area contributed by atoms with E-state index in [9.17, 15) is 4.79 Å². The second kappa shape index (κ2) is 8.68. The van der Waals surface area contributed by atoms with E-state index in [1.54, 1.807) is 0 Å². The van der Waals surface area contributed by atoms with E-state index >= 15 is 0 Å². The lowest BCUT2D eigenvalue weighted by molar-refractivity contribution is -0.121. The maximum absolute atomic E-state index is 12.7. The maximum atomic E-state index is 12.7. The summed E-state index contributed by atoms with van der Waals surface area (Å²) in [7, 11) is 2.10. The van der Waals surface area contributed by atoms with Crippen LogP contribution >= 0.6 is 0 Å². The molecule has 1 amide bonds. The van der Waals surface area contributed by atoms with E-state index in [1.807, 2.05) is 24.3 Å². The van der Waals surface area contributed by atoms with Gasteiger partial charge in [0.05, 0.1) is 6.04 Å². The van der Waals surface area contributed by atoms with Crippen molar-refractivity contribution in [3.63, 3.8) is 0 Å². The summed E-state index contributed by atoms with van der Waals surface area (Å²) in [6, 6.07) is 16.1. The Morgan fingerprint density at radius 2 is 1.63 bits per heavy atom. The first-order valence-electron chi connectivity index (χ1n) is 9.89. The standard InChI is InChI=1S/C23H31N3O/c1-16(2)17-8-10-18(11-9-17)22(24)20-6-4-5-7-21(20)25-23(27)19-12-14-26(3)15-13-19/h4-11,16,19,22H,12-15,24H2,1-3H3,(H,25,27). The number of para-hydroxylation sites is 1. The Balaban J connectivity index is 1.76. The lowest BCUT2D eigenvalue weighted by atomic mass is 9.93. The summed E-state index contributed by atoms with van der Waals surface area (Å²) < 4.78 is 0. The summed E-state index contributed by atoms with van der Waals surface area (Å²) in [6.45, 7) is 6.31. The van der Waals surface area contributed by atoms with E-state index in [4.69, 9.17) is 5.73 Å². The number of hydrogen-bond donors (Lipinski definition) is 2. The summed E-state index contributed by atoms with van der Waals surface area (Å²) in [4.78, 5) is 15.0. The lowest BCUT2D eigenvalue weighted by Gasteiger charge is -2.28. The van der Waals surface area contributed by atoms with Crippen molar-refractivity contribution in [1.82, 2.24) is 4.90 Å². The molecule has 0 aromatic heterocycles. The third kappa shape index (κ3) is 4.76. The highest BCUT2D eigenvalue weighted by molar-refractivity contribution is 5.93. The van der Waals surface area contributed by atoms with Crippen LogP contribution in [0, 0.1) is 5.92 Å². The van der Waals surface area contributed by atoms with Crippen LogP contribution in [-0.2, 0) is 4.79 Å². The van der Waals surface area contributed by atoms with E-state index < -0.39 is 0 Å². The van der Waals surface area contributed by atoms with Crippen molar-refractivity contribution in [2.75, 3.05) is 25.5 Å². The van der Waals surface area contributed by atoms with Gasteiger partial charge < -0.3 is 16.0 Å². The van der Waals surface area contributed by atoms with Gasteiger partial charge in [-0.3, -0.25) is 4.79 Å². The van der Waals surface area contributed by atoms with Gasteiger partial charge in [-0.15, -0.1) is 0 Å². The molecule has 1 saturated heterocycles. The molecule has 0 saturated carbocycles. The molecule has 144 valence electrons. The number of carbonyl (C=O) groups is 1. The minimum atomic E-state index is -0.264. The second-order valence-corrected chi connectivity index (χ2v) is 7.95. The van der Waals surface area contributed by atoms with Gasteiger partial charge in [-0.05, 0) is 61.7 Å². The molecule has 4 nitrogen and oxygen atoms in total. The molecule has 0 spiro atoms. The van der Waals surface area contributed by atoms with E-state index in [-0.39, 0.29) is 17.9 Å². The first kappa shape index (κ1) is 19.6. The van der Waals surface area contributed by atoms with Crippen molar-refractivity contribution in [2.24, 2.45) is 11.7 Å². The summed E-state index contributed by atoms with van der Waals surface area (Å²) >= 11 is 0. The molecule has 27 heavy (non-hydrogen) atoms. The van der Waals surface area contributed by atoms with E-state index in [0.717, 1.165) is 42.7 Å². The minimum Gasteiger partial charge on any atom is -0.326 e. The first-order chi connectivity index (χ1) is 13.0. The van der Waals surface area contributed by atoms with Gasteiger partial charge in [0.15, 0.2) is 0 Å². The summed E-state index contributed by atoms with van der Waals surface area (Å²) in [5, 5.41) is 3.14. The van der Waals surface area contributed by atoms with Crippen LogP contribution in [0.3, 0.4) is 0 Å². The van der Waals surface area contributed by atoms with Crippen molar-refractivity contribution in [3.05, 3.63) is 65.2 Å². The predicted molar refractivity (Wildman–Crippen MR) is 112 cm³/mol. The van der Waals surface area contributed by atoms with Crippen LogP contribution in [0.5, 0.6) is 0 Å². The van der Waals surface area contributed by atoms with E-state index in [1.165, 1.54) is 5.56 Å². The number of carbonyl (C=O) groups excluding carboxylic acids is 1. The van der Waals surface area contributed by atoms with Crippen LogP contribution in [0.1, 0.15) is 55.3 Å². The molecule has 3 rings (SSSR count). The van der Waals surface area contributed by atoms with Gasteiger partial charge in [0.1, 0.15) is 0 Å². The first-order valence-corrected chi connectivity index (χ1v) is 9.89. The Morgan fingerprint density at radius 1 is 1.04 bits per heavy atom. The molecule has 1 atom stereocenters. The number of benzene rings is 2. The highest BCUT2D eigenvalue weighted by Crippen LogP contribution is 2.28. The smallest absolute Gasteiger partial charge is 0.227 e. The van der Waals surface area contributed by atoms with Crippen LogP contribution in [-0.4, -0.2) is 30.9 Å². The number of hydrogen-bond acceptors (Lipinski definition) is 3. The third-order valence-corrected chi connectivity index (χ3v) is 5.61. The average Bonchev–Trinajstić information content (AvgIpc) is 2.68. The van der Waals surface area contributed by atoms with Gasteiger partial charge in [-0.25, -0.2) is 0 Å². The highest BCUT2D eigenvalue weighted by Gasteiger charge is 2.24. The van der Waals surface area contributed by atoms with Crippen LogP contribution in [0.2, 0.25) is 0 Å². The Kier molecular flexibility index (Phi) is 6.30. The van der Waals surface area contributed by atoms with E-state index in [2.05, 4.69) is 55.4 Å². The molecule has 1 aliphatic rings. The number of piperidine rings is 1. The Morgan fingerprint density at radius 3 is 2.26 bits per heavy atom. The molecule has 1 unspecified atom stereocenters. The molecule has 4 heteroatoms. The molecule has 0 radical (unpaired) electrons. The number of nitrogens with zero attached hydrogens (tertiary/aromatic N) is 1. The maximum Gasteiger partial charge on any atom is 0.227 e. The van der Waals surface area contributed by atoms with Gasteiger partial charge in [-0.1, -0.05) is 56.3 Å². The molecule has 0 aliphatic carbocycles. The highest BCUT2D eigenvalue weighted by atomic mass is 16.1. The van der Waals surface area contributed by atoms with Crippen LogP contribution in [0.15, 0.2) is 48.5 Å². The van der Waals surface area contributed by atoms with Crippen molar-refractivity contribution in [2.45, 2.75) is 38.6 Å². The topological polar surface area (TPSA) is 58.4 Å². The number of nitrogens with two attached hydrogens (primary N) is 1. The normalized spacial score (nSPS) is 17.1. The van der Waals surface area contributed by atoms with Crippen molar-refractivity contribution in [3.8, 4) is 0 Å². The minimum absolute atomic E-state index is 0.0794. The fraction of sp³-hybridized carbons (Fsp3) is 0.435. The largest absolute Gasteiger partial charge is 0.326 e. The Bertz CT molecular complexity index is 761. The van der Waals surface area contributed by atoms with Gasteiger partial charge in [0.2, 0.25) is 5.91 Å². The third-order valence-electron chi connectivity index (χ3n) is 5.61. The molecule has 2 aromatic rings. The molecule has 2 aromatic carbocycles. The van der Waals surface area contributed by atoms with Gasteiger partial charge in [0.25, 0.3) is 0 Å². The molecule has 1 fully saturated rings. The fourth-order valence-corrected chi connectivity index (χ4v) is 3.66. The second-order valence-electron chi connectivity index (χ2n) is 7.95. The molecule has 1 aliphatic heterocycles. The van der Waals surface area contributed by atoms with Gasteiger partial charge in [-0.2, -0.15) is 0 Å². The average molecular weight is 366 g/mol. The quantitative estimate of drug-likeness (QED) is 0.837.